The van der Waals surface area contributed by atoms with Crippen LogP contribution in [0.2, 0.25) is 0 Å². The van der Waals surface area contributed by atoms with Gasteiger partial charge in [-0.25, -0.2) is 4.98 Å². The van der Waals surface area contributed by atoms with Crippen LogP contribution in [-0.2, 0) is 0 Å². The highest BCUT2D eigenvalue weighted by atomic mass is 16.5. The first-order valence-corrected chi connectivity index (χ1v) is 8.35. The van der Waals surface area contributed by atoms with E-state index < -0.39 is 6.04 Å². The van der Waals surface area contributed by atoms with Crippen LogP contribution in [-0.4, -0.2) is 28.4 Å². The molecule has 1 atom stereocenters. The molecule has 3 aromatic rings. The van der Waals surface area contributed by atoms with E-state index in [2.05, 4.69) is 15.2 Å². The van der Waals surface area contributed by atoms with Crippen LogP contribution in [0.5, 0.6) is 11.5 Å². The quantitative estimate of drug-likeness (QED) is 0.690. The number of H-pyrrole nitrogens is 1. The molecule has 0 spiro atoms. The van der Waals surface area contributed by atoms with Gasteiger partial charge in [-0.3, -0.25) is 5.10 Å². The van der Waals surface area contributed by atoms with Gasteiger partial charge in [0.15, 0.2) is 17.3 Å². The third kappa shape index (κ3) is 3.80. The van der Waals surface area contributed by atoms with E-state index in [1.165, 1.54) is 0 Å². The molecule has 25 heavy (non-hydrogen) atoms. The number of aromatic nitrogens is 3. The van der Waals surface area contributed by atoms with Crippen molar-refractivity contribution in [2.45, 2.75) is 19.9 Å². The number of hydrogen-bond donors (Lipinski definition) is 2. The molecule has 0 unspecified atom stereocenters. The van der Waals surface area contributed by atoms with Gasteiger partial charge in [-0.2, -0.15) is 5.10 Å². The molecule has 0 fully saturated rings. The molecule has 0 aliphatic heterocycles. The standard InChI is InChI=1S/C19H22N4O2/c1-3-24-15-11-10-14(12-16(15)25-4-2)17(20)19-21-18(22-23-19)13-8-6-5-7-9-13/h5-12,17H,3-4,20H2,1-2H3,(H,21,22,23)/t17-/m0/s1. The number of nitrogens with two attached hydrogens (primary N) is 1. The van der Waals surface area contributed by atoms with E-state index in [-0.39, 0.29) is 0 Å². The van der Waals surface area contributed by atoms with Crippen molar-refractivity contribution in [3.05, 3.63) is 59.9 Å². The Bertz CT molecular complexity index is 817. The van der Waals surface area contributed by atoms with E-state index in [9.17, 15) is 0 Å². The summed E-state index contributed by atoms with van der Waals surface area (Å²) in [6.45, 7) is 5.01. The second-order valence-electron chi connectivity index (χ2n) is 5.46. The molecule has 0 radical (unpaired) electrons. The molecule has 0 saturated heterocycles. The number of nitrogens with zero attached hydrogens (tertiary/aromatic N) is 2. The topological polar surface area (TPSA) is 86.0 Å². The Balaban J connectivity index is 1.86. The van der Waals surface area contributed by atoms with Gasteiger partial charge in [0.2, 0.25) is 0 Å². The Morgan fingerprint density at radius 3 is 2.44 bits per heavy atom. The summed E-state index contributed by atoms with van der Waals surface area (Å²) in [4.78, 5) is 4.53. The molecule has 0 aliphatic carbocycles. The Labute approximate surface area is 147 Å². The number of rotatable bonds is 7. The lowest BCUT2D eigenvalue weighted by molar-refractivity contribution is 0.287. The molecule has 1 aromatic heterocycles. The highest BCUT2D eigenvalue weighted by molar-refractivity contribution is 5.54. The predicted molar refractivity (Wildman–Crippen MR) is 96.6 cm³/mol. The molecule has 0 aliphatic rings. The van der Waals surface area contributed by atoms with Gasteiger partial charge in [-0.1, -0.05) is 36.4 Å². The van der Waals surface area contributed by atoms with E-state index in [0.717, 1.165) is 11.1 Å². The Morgan fingerprint density at radius 2 is 1.72 bits per heavy atom. The summed E-state index contributed by atoms with van der Waals surface area (Å²) in [5.74, 6) is 2.62. The molecular weight excluding hydrogens is 316 g/mol. The minimum Gasteiger partial charge on any atom is -0.490 e. The minimum absolute atomic E-state index is 0.431. The zero-order valence-corrected chi connectivity index (χ0v) is 14.4. The SMILES string of the molecule is CCOc1ccc([C@H](N)c2nc(-c3ccccc3)n[nH]2)cc1OCC. The van der Waals surface area contributed by atoms with Crippen molar-refractivity contribution in [2.24, 2.45) is 5.73 Å². The molecule has 0 saturated carbocycles. The molecule has 0 bridgehead atoms. The molecule has 130 valence electrons. The van der Waals surface area contributed by atoms with Crippen molar-refractivity contribution in [1.29, 1.82) is 0 Å². The number of hydrogen-bond acceptors (Lipinski definition) is 5. The highest BCUT2D eigenvalue weighted by Crippen LogP contribution is 2.31. The minimum atomic E-state index is -0.431. The first-order chi connectivity index (χ1) is 12.2. The first kappa shape index (κ1) is 17.0. The maximum atomic E-state index is 6.37. The lowest BCUT2D eigenvalue weighted by Crippen LogP contribution is -2.14. The normalized spacial score (nSPS) is 12.0. The molecule has 6 nitrogen and oxygen atoms in total. The van der Waals surface area contributed by atoms with Crippen LogP contribution >= 0.6 is 0 Å². The van der Waals surface area contributed by atoms with Gasteiger partial charge in [-0.05, 0) is 31.5 Å². The predicted octanol–water partition coefficient (Wildman–Crippen LogP) is 3.32. The Hall–Kier alpha value is -2.86. The number of benzene rings is 2. The van der Waals surface area contributed by atoms with E-state index in [1.807, 2.05) is 62.4 Å². The van der Waals surface area contributed by atoms with Crippen molar-refractivity contribution >= 4 is 0 Å². The van der Waals surface area contributed by atoms with Crippen molar-refractivity contribution < 1.29 is 9.47 Å². The summed E-state index contributed by atoms with van der Waals surface area (Å²) in [7, 11) is 0. The second-order valence-corrected chi connectivity index (χ2v) is 5.46. The number of ether oxygens (including phenoxy) is 2. The number of aromatic amines is 1. The Kier molecular flexibility index (Phi) is 5.30. The largest absolute Gasteiger partial charge is 0.490 e. The van der Waals surface area contributed by atoms with Crippen LogP contribution in [0, 0.1) is 0 Å². The molecule has 3 rings (SSSR count). The van der Waals surface area contributed by atoms with Gasteiger partial charge < -0.3 is 15.2 Å². The maximum absolute atomic E-state index is 6.37. The van der Waals surface area contributed by atoms with Gasteiger partial charge in [0.25, 0.3) is 0 Å². The monoisotopic (exact) mass is 338 g/mol. The summed E-state index contributed by atoms with van der Waals surface area (Å²) < 4.78 is 11.3. The summed E-state index contributed by atoms with van der Waals surface area (Å²) in [5.41, 5.74) is 8.19. The van der Waals surface area contributed by atoms with E-state index in [1.54, 1.807) is 0 Å². The van der Waals surface area contributed by atoms with Crippen LogP contribution in [0.3, 0.4) is 0 Å². The van der Waals surface area contributed by atoms with Crippen molar-refractivity contribution in [2.75, 3.05) is 13.2 Å². The smallest absolute Gasteiger partial charge is 0.181 e. The molecular formula is C19H22N4O2. The summed E-state index contributed by atoms with van der Waals surface area (Å²) in [5, 5.41) is 7.20. The fraction of sp³-hybridized carbons (Fsp3) is 0.263. The van der Waals surface area contributed by atoms with Crippen molar-refractivity contribution in [1.82, 2.24) is 15.2 Å². The van der Waals surface area contributed by atoms with Gasteiger partial charge in [0, 0.05) is 5.56 Å². The zero-order valence-electron chi connectivity index (χ0n) is 14.4. The molecule has 0 amide bonds. The van der Waals surface area contributed by atoms with E-state index in [4.69, 9.17) is 15.2 Å². The fourth-order valence-electron chi connectivity index (χ4n) is 2.55. The van der Waals surface area contributed by atoms with Crippen LogP contribution in [0.4, 0.5) is 0 Å². The van der Waals surface area contributed by atoms with Crippen molar-refractivity contribution in [3.63, 3.8) is 0 Å². The lowest BCUT2D eigenvalue weighted by Gasteiger charge is -2.14. The fourth-order valence-corrected chi connectivity index (χ4v) is 2.55. The summed E-state index contributed by atoms with van der Waals surface area (Å²) in [6, 6.07) is 15.0. The summed E-state index contributed by atoms with van der Waals surface area (Å²) >= 11 is 0. The maximum Gasteiger partial charge on any atom is 0.181 e. The Morgan fingerprint density at radius 1 is 1.00 bits per heavy atom. The van der Waals surface area contributed by atoms with Crippen LogP contribution in [0.1, 0.15) is 31.3 Å². The van der Waals surface area contributed by atoms with Crippen LogP contribution in [0.25, 0.3) is 11.4 Å². The van der Waals surface area contributed by atoms with Gasteiger partial charge >= 0.3 is 0 Å². The zero-order chi connectivity index (χ0) is 17.6. The number of nitrogens with one attached hydrogen (secondary N) is 1. The first-order valence-electron chi connectivity index (χ1n) is 8.35. The third-order valence-corrected chi connectivity index (χ3v) is 3.76. The second kappa shape index (κ2) is 7.81. The van der Waals surface area contributed by atoms with Gasteiger partial charge in [0.05, 0.1) is 19.3 Å². The van der Waals surface area contributed by atoms with E-state index >= 15 is 0 Å². The highest BCUT2D eigenvalue weighted by Gasteiger charge is 2.17. The average molecular weight is 338 g/mol. The molecule has 3 N–H and O–H groups in total. The summed E-state index contributed by atoms with van der Waals surface area (Å²) in [6.07, 6.45) is 0. The van der Waals surface area contributed by atoms with Gasteiger partial charge in [0.1, 0.15) is 5.82 Å². The van der Waals surface area contributed by atoms with Crippen LogP contribution in [0.15, 0.2) is 48.5 Å². The van der Waals surface area contributed by atoms with E-state index in [0.29, 0.717) is 36.4 Å². The van der Waals surface area contributed by atoms with Crippen molar-refractivity contribution in [3.8, 4) is 22.9 Å². The molecule has 6 heteroatoms. The third-order valence-electron chi connectivity index (χ3n) is 3.76. The molecule has 2 aromatic carbocycles. The average Bonchev–Trinajstić information content (AvgIpc) is 3.14. The lowest BCUT2D eigenvalue weighted by atomic mass is 10.1. The van der Waals surface area contributed by atoms with Gasteiger partial charge in [-0.15, -0.1) is 0 Å². The molecule has 1 heterocycles. The van der Waals surface area contributed by atoms with Crippen LogP contribution < -0.4 is 15.2 Å².